The number of carbonyl (C=O) groups excluding carboxylic acids is 1. The monoisotopic (exact) mass is 344 g/mol. The Bertz CT molecular complexity index is 907. The Morgan fingerprint density at radius 1 is 0.960 bits per heavy atom. The number of nitrogens with zero attached hydrogens (tertiary/aromatic N) is 1. The summed E-state index contributed by atoms with van der Waals surface area (Å²) in [6, 6.07) is 12.2. The van der Waals surface area contributed by atoms with Crippen LogP contribution >= 0.6 is 0 Å². The van der Waals surface area contributed by atoms with Crippen molar-refractivity contribution < 1.29 is 18.0 Å². The van der Waals surface area contributed by atoms with E-state index in [0.717, 1.165) is 23.3 Å². The third-order valence-corrected chi connectivity index (χ3v) is 3.87. The third-order valence-electron chi connectivity index (χ3n) is 3.87. The quantitative estimate of drug-likeness (QED) is 0.658. The van der Waals surface area contributed by atoms with Crippen LogP contribution in [-0.4, -0.2) is 15.8 Å². The van der Waals surface area contributed by atoms with E-state index in [9.17, 15) is 18.0 Å². The van der Waals surface area contributed by atoms with Crippen LogP contribution < -0.4 is 0 Å². The predicted octanol–water partition coefficient (Wildman–Crippen LogP) is 5.27. The highest BCUT2D eigenvalue weighted by molar-refractivity contribution is 5.99. The fourth-order valence-corrected chi connectivity index (χ4v) is 2.50. The van der Waals surface area contributed by atoms with Crippen molar-refractivity contribution in [2.75, 3.05) is 0 Å². The van der Waals surface area contributed by atoms with Crippen molar-refractivity contribution in [2.45, 2.75) is 20.0 Å². The van der Waals surface area contributed by atoms with E-state index in [1.54, 1.807) is 0 Å². The molecule has 1 aromatic heterocycles. The molecule has 0 aliphatic rings. The summed E-state index contributed by atoms with van der Waals surface area (Å²) in [5.41, 5.74) is 2.42. The molecule has 0 spiro atoms. The van der Waals surface area contributed by atoms with Crippen molar-refractivity contribution in [3.8, 4) is 22.6 Å². The van der Waals surface area contributed by atoms with Gasteiger partial charge in [0.25, 0.3) is 0 Å². The van der Waals surface area contributed by atoms with E-state index in [0.29, 0.717) is 22.8 Å². The number of H-pyrrole nitrogens is 1. The molecule has 128 valence electrons. The van der Waals surface area contributed by atoms with Crippen LogP contribution in [0.5, 0.6) is 0 Å². The number of aromatic amines is 1. The average Bonchev–Trinajstić information content (AvgIpc) is 3.00. The highest BCUT2D eigenvalue weighted by Gasteiger charge is 2.30. The first-order chi connectivity index (χ1) is 11.8. The molecule has 0 atom stereocenters. The summed E-state index contributed by atoms with van der Waals surface area (Å²) in [5.74, 6) is 0.163. The maximum atomic E-state index is 12.7. The molecule has 0 unspecified atom stereocenters. The zero-order chi connectivity index (χ0) is 18.2. The molecule has 3 rings (SSSR count). The minimum Gasteiger partial charge on any atom is -0.335 e. The fraction of sp³-hybridized carbons (Fsp3) is 0.158. The summed E-state index contributed by atoms with van der Waals surface area (Å²) in [6.45, 7) is 3.37. The molecule has 0 aliphatic heterocycles. The molecular weight excluding hydrogens is 329 g/mol. The number of nitrogens with one attached hydrogen (secondary N) is 1. The maximum Gasteiger partial charge on any atom is 0.416 e. The summed E-state index contributed by atoms with van der Waals surface area (Å²) in [7, 11) is 0. The van der Waals surface area contributed by atoms with Crippen molar-refractivity contribution >= 4 is 5.78 Å². The Hall–Kier alpha value is -2.89. The van der Waals surface area contributed by atoms with E-state index >= 15 is 0 Å². The molecule has 2 aromatic carbocycles. The number of imidazole rings is 1. The number of hydrogen-bond donors (Lipinski definition) is 1. The summed E-state index contributed by atoms with van der Waals surface area (Å²) in [4.78, 5) is 19.3. The predicted molar refractivity (Wildman–Crippen MR) is 89.2 cm³/mol. The first kappa shape index (κ1) is 17.0. The van der Waals surface area contributed by atoms with Gasteiger partial charge in [0.15, 0.2) is 5.78 Å². The van der Waals surface area contributed by atoms with Gasteiger partial charge >= 0.3 is 6.18 Å². The van der Waals surface area contributed by atoms with Gasteiger partial charge in [-0.3, -0.25) is 4.79 Å². The van der Waals surface area contributed by atoms with E-state index < -0.39 is 11.7 Å². The minimum absolute atomic E-state index is 0.193. The first-order valence-electron chi connectivity index (χ1n) is 7.61. The van der Waals surface area contributed by atoms with Gasteiger partial charge in [-0.15, -0.1) is 0 Å². The van der Waals surface area contributed by atoms with Crippen LogP contribution in [0.3, 0.4) is 0 Å². The number of rotatable bonds is 3. The van der Waals surface area contributed by atoms with Gasteiger partial charge in [-0.05, 0) is 19.1 Å². The largest absolute Gasteiger partial charge is 0.416 e. The molecule has 6 heteroatoms. The number of aryl methyl sites for hydroxylation is 1. The second-order valence-corrected chi connectivity index (χ2v) is 5.81. The molecule has 0 aliphatic carbocycles. The fourth-order valence-electron chi connectivity index (χ4n) is 2.50. The molecule has 0 radical (unpaired) electrons. The molecule has 0 fully saturated rings. The van der Waals surface area contributed by atoms with Crippen LogP contribution in [0.2, 0.25) is 0 Å². The summed E-state index contributed by atoms with van der Waals surface area (Å²) >= 11 is 0. The van der Waals surface area contributed by atoms with Crippen LogP contribution in [-0.2, 0) is 6.18 Å². The molecule has 0 bridgehead atoms. The van der Waals surface area contributed by atoms with Crippen LogP contribution in [0.4, 0.5) is 13.2 Å². The number of aromatic nitrogens is 2. The summed E-state index contributed by atoms with van der Waals surface area (Å²) in [6.07, 6.45) is -4.39. The number of ketones is 1. The summed E-state index contributed by atoms with van der Waals surface area (Å²) in [5, 5.41) is 0. The van der Waals surface area contributed by atoms with E-state index in [4.69, 9.17) is 0 Å². The van der Waals surface area contributed by atoms with Crippen LogP contribution in [0, 0.1) is 6.92 Å². The number of carbonyl (C=O) groups is 1. The molecule has 3 nitrogen and oxygen atoms in total. The van der Waals surface area contributed by atoms with Gasteiger partial charge in [-0.1, -0.05) is 42.0 Å². The second-order valence-electron chi connectivity index (χ2n) is 5.81. The number of hydrogen-bond acceptors (Lipinski definition) is 2. The van der Waals surface area contributed by atoms with Crippen molar-refractivity contribution in [1.29, 1.82) is 0 Å². The smallest absolute Gasteiger partial charge is 0.335 e. The van der Waals surface area contributed by atoms with Gasteiger partial charge in [-0.2, -0.15) is 13.2 Å². The molecule has 0 amide bonds. The lowest BCUT2D eigenvalue weighted by Crippen LogP contribution is -2.04. The average molecular weight is 344 g/mol. The number of benzene rings is 2. The highest BCUT2D eigenvalue weighted by Crippen LogP contribution is 2.31. The normalized spacial score (nSPS) is 11.6. The van der Waals surface area contributed by atoms with Gasteiger partial charge < -0.3 is 4.98 Å². The van der Waals surface area contributed by atoms with Gasteiger partial charge in [0.05, 0.1) is 11.3 Å². The van der Waals surface area contributed by atoms with Gasteiger partial charge in [-0.25, -0.2) is 4.98 Å². The topological polar surface area (TPSA) is 45.8 Å². The molecule has 1 heterocycles. The van der Waals surface area contributed by atoms with E-state index in [1.165, 1.54) is 19.1 Å². The van der Waals surface area contributed by atoms with Gasteiger partial charge in [0.1, 0.15) is 11.5 Å². The molecule has 1 N–H and O–H groups in total. The second kappa shape index (κ2) is 6.20. The molecular formula is C19H15F3N2O. The Labute approximate surface area is 142 Å². The van der Waals surface area contributed by atoms with Gasteiger partial charge in [0.2, 0.25) is 0 Å². The zero-order valence-corrected chi connectivity index (χ0v) is 13.6. The van der Waals surface area contributed by atoms with Crippen LogP contribution in [0.15, 0.2) is 48.5 Å². The Morgan fingerprint density at radius 3 is 2.04 bits per heavy atom. The number of halogens is 3. The SMILES string of the molecule is CC(=O)c1[nH]c(-c2ccc(C(F)(F)F)cc2)nc1-c1ccc(C)cc1. The Morgan fingerprint density at radius 2 is 1.52 bits per heavy atom. The van der Waals surface area contributed by atoms with E-state index in [2.05, 4.69) is 9.97 Å². The maximum absolute atomic E-state index is 12.7. The van der Waals surface area contributed by atoms with E-state index in [-0.39, 0.29) is 5.78 Å². The standard InChI is InChI=1S/C19H15F3N2O/c1-11-3-5-13(6-4-11)17-16(12(2)25)23-18(24-17)14-7-9-15(10-8-14)19(20,21)22/h3-10H,1-2H3,(H,23,24). The Balaban J connectivity index is 2.05. The lowest BCUT2D eigenvalue weighted by Gasteiger charge is -2.06. The van der Waals surface area contributed by atoms with Crippen LogP contribution in [0.25, 0.3) is 22.6 Å². The summed E-state index contributed by atoms with van der Waals surface area (Å²) < 4.78 is 38.0. The van der Waals surface area contributed by atoms with Crippen molar-refractivity contribution in [3.63, 3.8) is 0 Å². The lowest BCUT2D eigenvalue weighted by atomic mass is 10.1. The first-order valence-corrected chi connectivity index (χ1v) is 7.61. The molecule has 0 saturated carbocycles. The zero-order valence-electron chi connectivity index (χ0n) is 13.6. The van der Waals surface area contributed by atoms with E-state index in [1.807, 2.05) is 31.2 Å². The Kier molecular flexibility index (Phi) is 4.20. The number of Topliss-reactive ketones (excluding diaryl/α,β-unsaturated/α-hetero) is 1. The molecule has 25 heavy (non-hydrogen) atoms. The minimum atomic E-state index is -4.39. The molecule has 3 aromatic rings. The highest BCUT2D eigenvalue weighted by atomic mass is 19.4. The molecule has 0 saturated heterocycles. The van der Waals surface area contributed by atoms with Gasteiger partial charge in [0, 0.05) is 18.1 Å². The third kappa shape index (κ3) is 3.47. The van der Waals surface area contributed by atoms with Crippen molar-refractivity contribution in [2.24, 2.45) is 0 Å². The number of alkyl halides is 3. The lowest BCUT2D eigenvalue weighted by molar-refractivity contribution is -0.137. The van der Waals surface area contributed by atoms with Crippen molar-refractivity contribution in [1.82, 2.24) is 9.97 Å². The van der Waals surface area contributed by atoms with Crippen LogP contribution in [0.1, 0.15) is 28.5 Å². The van der Waals surface area contributed by atoms with Crippen molar-refractivity contribution in [3.05, 3.63) is 65.4 Å².